The lowest BCUT2D eigenvalue weighted by molar-refractivity contribution is 0.0243. The lowest BCUT2D eigenvalue weighted by atomic mass is 9.98. The second-order valence-electron chi connectivity index (χ2n) is 8.26. The molecule has 7 nitrogen and oxygen atoms in total. The molecule has 1 fully saturated rings. The number of pyridine rings is 1. The second-order valence-corrected chi connectivity index (χ2v) is 8.26. The molecule has 0 saturated carbocycles. The number of carbonyl (C=O) groups is 1. The van der Waals surface area contributed by atoms with Crippen LogP contribution in [0.25, 0.3) is 16.9 Å². The van der Waals surface area contributed by atoms with Gasteiger partial charge in [-0.1, -0.05) is 30.3 Å². The van der Waals surface area contributed by atoms with Crippen LogP contribution in [0.15, 0.2) is 54.7 Å². The number of piperazine rings is 1. The van der Waals surface area contributed by atoms with Gasteiger partial charge in [0.2, 0.25) is 5.88 Å². The number of nitrogens with zero attached hydrogens (tertiary/aromatic N) is 5. The molecule has 0 aliphatic carbocycles. The van der Waals surface area contributed by atoms with E-state index in [0.29, 0.717) is 18.1 Å². The summed E-state index contributed by atoms with van der Waals surface area (Å²) in [5.74, 6) is 0.480. The number of rotatable bonds is 4. The smallest absolute Gasteiger partial charge is 0.274 e. The zero-order valence-electron chi connectivity index (χ0n) is 17.9. The minimum atomic E-state index is -0.261. The van der Waals surface area contributed by atoms with Gasteiger partial charge in [0.25, 0.3) is 5.91 Å². The van der Waals surface area contributed by atoms with E-state index in [9.17, 15) is 4.79 Å². The Bertz CT molecular complexity index is 1030. The van der Waals surface area contributed by atoms with Crippen molar-refractivity contribution < 1.29 is 9.53 Å². The molecule has 1 amide bonds. The van der Waals surface area contributed by atoms with Gasteiger partial charge in [-0.05, 0) is 33.0 Å². The van der Waals surface area contributed by atoms with Crippen LogP contribution in [0, 0.1) is 0 Å². The third-order valence-corrected chi connectivity index (χ3v) is 5.51. The molecule has 0 unspecified atom stereocenters. The normalized spacial score (nSPS) is 16.5. The van der Waals surface area contributed by atoms with Crippen LogP contribution in [-0.4, -0.2) is 69.8 Å². The van der Waals surface area contributed by atoms with Gasteiger partial charge < -0.3 is 14.5 Å². The van der Waals surface area contributed by atoms with Gasteiger partial charge in [0.15, 0.2) is 5.69 Å². The van der Waals surface area contributed by atoms with E-state index in [-0.39, 0.29) is 11.4 Å². The lowest BCUT2D eigenvalue weighted by Gasteiger charge is -2.45. The number of aromatic nitrogens is 3. The van der Waals surface area contributed by atoms with Crippen LogP contribution in [0.4, 0.5) is 0 Å². The highest BCUT2D eigenvalue weighted by atomic mass is 16.5. The van der Waals surface area contributed by atoms with Crippen LogP contribution in [-0.2, 0) is 0 Å². The summed E-state index contributed by atoms with van der Waals surface area (Å²) in [5, 5.41) is 4.70. The molecule has 0 atom stereocenters. The minimum absolute atomic E-state index is 0.0505. The number of carbonyl (C=O) groups excluding carboxylic acids is 1. The van der Waals surface area contributed by atoms with Crippen molar-refractivity contribution in [3.05, 3.63) is 60.4 Å². The predicted molar refractivity (Wildman–Crippen MR) is 116 cm³/mol. The van der Waals surface area contributed by atoms with Gasteiger partial charge in [-0.3, -0.25) is 4.79 Å². The third kappa shape index (κ3) is 3.80. The summed E-state index contributed by atoms with van der Waals surface area (Å²) in [6, 6.07) is 15.5. The number of methoxy groups -OCH3 is 1. The van der Waals surface area contributed by atoms with Crippen LogP contribution >= 0.6 is 0 Å². The van der Waals surface area contributed by atoms with Crippen molar-refractivity contribution in [2.45, 2.75) is 19.4 Å². The molecule has 0 spiro atoms. The first-order valence-corrected chi connectivity index (χ1v) is 10.1. The number of benzene rings is 1. The van der Waals surface area contributed by atoms with Gasteiger partial charge in [-0.2, -0.15) is 5.10 Å². The first kappa shape index (κ1) is 20.1. The average molecular weight is 406 g/mol. The van der Waals surface area contributed by atoms with E-state index < -0.39 is 0 Å². The van der Waals surface area contributed by atoms with E-state index in [2.05, 4.69) is 30.8 Å². The topological polar surface area (TPSA) is 63.5 Å². The van der Waals surface area contributed by atoms with E-state index in [4.69, 9.17) is 9.84 Å². The standard InChI is InChI=1S/C23H27N5O2/c1-23(2)16-26(3)12-13-27(23)22(29)19-14-20(17-8-6-5-7-9-17)28(25-19)18-10-11-21(30-4)24-15-18/h5-11,14-15H,12-13,16H2,1-4H3. The van der Waals surface area contributed by atoms with Gasteiger partial charge in [-0.15, -0.1) is 0 Å². The van der Waals surface area contributed by atoms with Crippen molar-refractivity contribution >= 4 is 5.91 Å². The van der Waals surface area contributed by atoms with E-state index in [1.165, 1.54) is 0 Å². The van der Waals surface area contributed by atoms with E-state index in [1.54, 1.807) is 24.1 Å². The van der Waals surface area contributed by atoms with Crippen molar-refractivity contribution in [2.24, 2.45) is 0 Å². The molecule has 2 aromatic heterocycles. The highest BCUT2D eigenvalue weighted by Crippen LogP contribution is 2.27. The first-order chi connectivity index (χ1) is 14.4. The Morgan fingerprint density at radius 2 is 1.87 bits per heavy atom. The van der Waals surface area contributed by atoms with Crippen molar-refractivity contribution in [3.8, 4) is 22.8 Å². The summed E-state index contributed by atoms with van der Waals surface area (Å²) < 4.78 is 6.94. The van der Waals surface area contributed by atoms with Crippen LogP contribution in [0.5, 0.6) is 5.88 Å². The molecule has 0 bridgehead atoms. The Hall–Kier alpha value is -3.19. The molecule has 4 rings (SSSR count). The maximum atomic E-state index is 13.4. The molecule has 156 valence electrons. The highest BCUT2D eigenvalue weighted by molar-refractivity contribution is 5.94. The van der Waals surface area contributed by atoms with Crippen LogP contribution in [0.3, 0.4) is 0 Å². The summed E-state index contributed by atoms with van der Waals surface area (Å²) in [6.07, 6.45) is 1.70. The molecule has 30 heavy (non-hydrogen) atoms. The second kappa shape index (κ2) is 7.91. The average Bonchev–Trinajstić information content (AvgIpc) is 3.19. The molecule has 1 aliphatic rings. The molecular formula is C23H27N5O2. The SMILES string of the molecule is COc1ccc(-n2nc(C(=O)N3CCN(C)CC3(C)C)cc2-c2ccccc2)cn1. The van der Waals surface area contributed by atoms with Gasteiger partial charge >= 0.3 is 0 Å². The van der Waals surface area contributed by atoms with Crippen molar-refractivity contribution in [2.75, 3.05) is 33.8 Å². The number of ether oxygens (including phenoxy) is 1. The number of hydrogen-bond donors (Lipinski definition) is 0. The maximum absolute atomic E-state index is 13.4. The molecule has 1 saturated heterocycles. The monoisotopic (exact) mass is 405 g/mol. The summed E-state index contributed by atoms with van der Waals surface area (Å²) in [7, 11) is 3.67. The van der Waals surface area contributed by atoms with Gasteiger partial charge in [0.05, 0.1) is 30.2 Å². The maximum Gasteiger partial charge on any atom is 0.274 e. The largest absolute Gasteiger partial charge is 0.481 e. The van der Waals surface area contributed by atoms with E-state index in [0.717, 1.165) is 30.0 Å². The zero-order chi connectivity index (χ0) is 21.3. The number of amides is 1. The molecule has 1 aromatic carbocycles. The first-order valence-electron chi connectivity index (χ1n) is 10.1. The van der Waals surface area contributed by atoms with Crippen molar-refractivity contribution in [1.29, 1.82) is 0 Å². The minimum Gasteiger partial charge on any atom is -0.481 e. The summed E-state index contributed by atoms with van der Waals surface area (Å²) >= 11 is 0. The zero-order valence-corrected chi connectivity index (χ0v) is 17.9. The Morgan fingerprint density at radius 1 is 1.10 bits per heavy atom. The Kier molecular flexibility index (Phi) is 5.30. The summed E-state index contributed by atoms with van der Waals surface area (Å²) in [6.45, 7) is 6.56. The fraction of sp³-hybridized carbons (Fsp3) is 0.348. The van der Waals surface area contributed by atoms with Crippen LogP contribution < -0.4 is 4.74 Å². The third-order valence-electron chi connectivity index (χ3n) is 5.51. The molecular weight excluding hydrogens is 378 g/mol. The Morgan fingerprint density at radius 3 is 2.50 bits per heavy atom. The molecule has 1 aliphatic heterocycles. The Balaban J connectivity index is 1.76. The molecule has 3 heterocycles. The number of likely N-dealkylation sites (N-methyl/N-ethyl adjacent to an activating group) is 1. The van der Waals surface area contributed by atoms with Gasteiger partial charge in [-0.25, -0.2) is 9.67 Å². The molecule has 7 heteroatoms. The highest BCUT2D eigenvalue weighted by Gasteiger charge is 2.37. The lowest BCUT2D eigenvalue weighted by Crippen LogP contribution is -2.60. The fourth-order valence-electron chi connectivity index (χ4n) is 4.03. The van der Waals surface area contributed by atoms with Crippen LogP contribution in [0.2, 0.25) is 0 Å². The van der Waals surface area contributed by atoms with Crippen molar-refractivity contribution in [3.63, 3.8) is 0 Å². The Labute approximate surface area is 176 Å². The van der Waals surface area contributed by atoms with E-state index >= 15 is 0 Å². The van der Waals surface area contributed by atoms with Gasteiger partial charge in [0.1, 0.15) is 0 Å². The van der Waals surface area contributed by atoms with E-state index in [1.807, 2.05) is 47.4 Å². The quantitative estimate of drug-likeness (QED) is 0.667. The molecule has 3 aromatic rings. The van der Waals surface area contributed by atoms with Crippen LogP contribution in [0.1, 0.15) is 24.3 Å². The number of hydrogen-bond acceptors (Lipinski definition) is 5. The van der Waals surface area contributed by atoms with Crippen molar-refractivity contribution in [1.82, 2.24) is 24.6 Å². The molecule has 0 N–H and O–H groups in total. The fourth-order valence-corrected chi connectivity index (χ4v) is 4.03. The summed E-state index contributed by atoms with van der Waals surface area (Å²) in [4.78, 5) is 21.9. The summed E-state index contributed by atoms with van der Waals surface area (Å²) in [5.41, 5.74) is 2.77. The predicted octanol–water partition coefficient (Wildman–Crippen LogP) is 3.11. The molecule has 0 radical (unpaired) electrons. The van der Waals surface area contributed by atoms with Gasteiger partial charge in [0, 0.05) is 31.3 Å².